The Morgan fingerprint density at radius 3 is 2.47 bits per heavy atom. The molecule has 0 unspecified atom stereocenters. The van der Waals surface area contributed by atoms with Gasteiger partial charge in [-0.25, -0.2) is 4.68 Å². The van der Waals surface area contributed by atoms with Crippen LogP contribution in [0.25, 0.3) is 5.69 Å². The summed E-state index contributed by atoms with van der Waals surface area (Å²) in [6.07, 6.45) is 0. The van der Waals surface area contributed by atoms with E-state index in [4.69, 9.17) is 5.73 Å². The third-order valence-corrected chi connectivity index (χ3v) is 4.01. The van der Waals surface area contributed by atoms with Gasteiger partial charge in [-0.1, -0.05) is 18.2 Å². The lowest BCUT2D eigenvalue weighted by Crippen LogP contribution is -2.11. The maximum Gasteiger partial charge on any atom is 0.0743 e. The van der Waals surface area contributed by atoms with E-state index in [0.29, 0.717) is 0 Å². The van der Waals surface area contributed by atoms with Crippen molar-refractivity contribution in [1.82, 2.24) is 9.78 Å². The summed E-state index contributed by atoms with van der Waals surface area (Å²) in [7, 11) is 0. The lowest BCUT2D eigenvalue weighted by atomic mass is 10.1. The fourth-order valence-electron chi connectivity index (χ4n) is 1.92. The van der Waals surface area contributed by atoms with Crippen molar-refractivity contribution < 1.29 is 0 Å². The molecule has 0 aliphatic rings. The van der Waals surface area contributed by atoms with Crippen LogP contribution in [0.4, 0.5) is 0 Å². The van der Waals surface area contributed by atoms with Crippen LogP contribution in [-0.4, -0.2) is 9.78 Å². The average Bonchev–Trinajstić information content (AvgIpc) is 2.57. The van der Waals surface area contributed by atoms with Crippen molar-refractivity contribution in [2.45, 2.75) is 26.8 Å². The van der Waals surface area contributed by atoms with E-state index >= 15 is 0 Å². The molecular formula is C13H16BrN3. The highest BCUT2D eigenvalue weighted by Gasteiger charge is 2.14. The Morgan fingerprint density at radius 2 is 1.94 bits per heavy atom. The minimum absolute atomic E-state index is 0.00567. The largest absolute Gasteiger partial charge is 0.324 e. The molecule has 0 fully saturated rings. The van der Waals surface area contributed by atoms with Crippen LogP contribution in [0, 0.1) is 13.8 Å². The van der Waals surface area contributed by atoms with Crippen molar-refractivity contribution in [3.8, 4) is 5.69 Å². The number of aryl methyl sites for hydroxylation is 1. The minimum atomic E-state index is -0.00567. The summed E-state index contributed by atoms with van der Waals surface area (Å²) in [4.78, 5) is 0. The van der Waals surface area contributed by atoms with Crippen LogP contribution in [0.2, 0.25) is 0 Å². The molecule has 1 heterocycles. The first-order chi connectivity index (χ1) is 8.02. The SMILES string of the molecule is Cc1nn(-c2ccccc2[C@H](C)N)c(C)c1Br. The second-order valence-electron chi connectivity index (χ2n) is 4.24. The standard InChI is InChI=1S/C13H16BrN3/c1-8(15)11-6-4-5-7-12(11)17-10(3)13(14)9(2)16-17/h4-8H,15H2,1-3H3/t8-/m0/s1. The number of para-hydroxylation sites is 1. The molecule has 0 radical (unpaired) electrons. The number of rotatable bonds is 2. The fourth-order valence-corrected chi connectivity index (χ4v) is 2.17. The Morgan fingerprint density at radius 1 is 1.29 bits per heavy atom. The Hall–Kier alpha value is -1.13. The predicted octanol–water partition coefficient (Wildman–Crippen LogP) is 3.27. The first kappa shape index (κ1) is 12.3. The van der Waals surface area contributed by atoms with E-state index in [2.05, 4.69) is 21.0 Å². The smallest absolute Gasteiger partial charge is 0.0743 e. The highest BCUT2D eigenvalue weighted by molar-refractivity contribution is 9.10. The number of benzene rings is 1. The van der Waals surface area contributed by atoms with Crippen LogP contribution in [0.1, 0.15) is 29.9 Å². The number of halogens is 1. The molecule has 0 spiro atoms. The summed E-state index contributed by atoms with van der Waals surface area (Å²) < 4.78 is 3.00. The van der Waals surface area contributed by atoms with Crippen molar-refractivity contribution in [3.05, 3.63) is 45.7 Å². The third kappa shape index (κ3) is 2.15. The lowest BCUT2D eigenvalue weighted by Gasteiger charge is -2.13. The van der Waals surface area contributed by atoms with Gasteiger partial charge in [0.25, 0.3) is 0 Å². The summed E-state index contributed by atoms with van der Waals surface area (Å²) in [5.41, 5.74) is 10.2. The summed E-state index contributed by atoms with van der Waals surface area (Å²) in [5, 5.41) is 4.54. The Balaban J connectivity index is 2.64. The molecule has 1 aromatic heterocycles. The molecule has 90 valence electrons. The van der Waals surface area contributed by atoms with Gasteiger partial charge in [0, 0.05) is 6.04 Å². The van der Waals surface area contributed by atoms with E-state index in [1.54, 1.807) is 0 Å². The zero-order valence-electron chi connectivity index (χ0n) is 10.2. The van der Waals surface area contributed by atoms with Gasteiger partial charge in [0.05, 0.1) is 21.5 Å². The van der Waals surface area contributed by atoms with Crippen LogP contribution < -0.4 is 5.73 Å². The summed E-state index contributed by atoms with van der Waals surface area (Å²) in [5.74, 6) is 0. The van der Waals surface area contributed by atoms with Gasteiger partial charge >= 0.3 is 0 Å². The number of nitrogens with zero attached hydrogens (tertiary/aromatic N) is 2. The van der Waals surface area contributed by atoms with Crippen molar-refractivity contribution in [3.63, 3.8) is 0 Å². The molecule has 0 saturated carbocycles. The first-order valence-electron chi connectivity index (χ1n) is 5.59. The molecule has 2 aromatic rings. The Bertz CT molecular complexity index is 544. The quantitative estimate of drug-likeness (QED) is 0.923. The normalized spacial score (nSPS) is 12.8. The van der Waals surface area contributed by atoms with Gasteiger partial charge in [-0.15, -0.1) is 0 Å². The van der Waals surface area contributed by atoms with Crippen LogP contribution in [0.3, 0.4) is 0 Å². The molecule has 0 bridgehead atoms. The highest BCUT2D eigenvalue weighted by Crippen LogP contribution is 2.26. The van der Waals surface area contributed by atoms with E-state index in [0.717, 1.165) is 27.1 Å². The van der Waals surface area contributed by atoms with Gasteiger partial charge in [0.1, 0.15) is 0 Å². The second kappa shape index (κ2) is 4.63. The molecule has 0 saturated heterocycles. The predicted molar refractivity (Wildman–Crippen MR) is 73.3 cm³/mol. The van der Waals surface area contributed by atoms with Gasteiger partial charge in [-0.3, -0.25) is 0 Å². The van der Waals surface area contributed by atoms with Crippen LogP contribution >= 0.6 is 15.9 Å². The van der Waals surface area contributed by atoms with E-state index in [1.165, 1.54) is 0 Å². The molecule has 2 N–H and O–H groups in total. The molecule has 1 aromatic carbocycles. The van der Waals surface area contributed by atoms with Crippen LogP contribution in [-0.2, 0) is 0 Å². The van der Waals surface area contributed by atoms with E-state index < -0.39 is 0 Å². The van der Waals surface area contributed by atoms with Crippen LogP contribution in [0.15, 0.2) is 28.7 Å². The summed E-state index contributed by atoms with van der Waals surface area (Å²) in [6, 6.07) is 8.09. The molecule has 0 amide bonds. The molecular weight excluding hydrogens is 278 g/mol. The fraction of sp³-hybridized carbons (Fsp3) is 0.308. The topological polar surface area (TPSA) is 43.8 Å². The molecule has 2 rings (SSSR count). The van der Waals surface area contributed by atoms with Crippen molar-refractivity contribution in [2.75, 3.05) is 0 Å². The maximum absolute atomic E-state index is 5.99. The molecule has 3 nitrogen and oxygen atoms in total. The number of nitrogens with two attached hydrogens (primary N) is 1. The molecule has 4 heteroatoms. The molecule has 1 atom stereocenters. The van der Waals surface area contributed by atoms with Gasteiger partial charge in [0.2, 0.25) is 0 Å². The highest BCUT2D eigenvalue weighted by atomic mass is 79.9. The van der Waals surface area contributed by atoms with E-state index in [-0.39, 0.29) is 6.04 Å². The molecule has 0 aliphatic carbocycles. The van der Waals surface area contributed by atoms with Gasteiger partial charge in [-0.05, 0) is 48.3 Å². The number of aromatic nitrogens is 2. The van der Waals surface area contributed by atoms with Crippen LogP contribution in [0.5, 0.6) is 0 Å². The zero-order chi connectivity index (χ0) is 12.6. The average molecular weight is 294 g/mol. The van der Waals surface area contributed by atoms with Gasteiger partial charge < -0.3 is 5.73 Å². The zero-order valence-corrected chi connectivity index (χ0v) is 11.8. The minimum Gasteiger partial charge on any atom is -0.324 e. The van der Waals surface area contributed by atoms with Crippen molar-refractivity contribution >= 4 is 15.9 Å². The van der Waals surface area contributed by atoms with Gasteiger partial charge in [-0.2, -0.15) is 5.10 Å². The molecule has 0 aliphatic heterocycles. The molecule has 17 heavy (non-hydrogen) atoms. The van der Waals surface area contributed by atoms with E-state index in [1.807, 2.05) is 49.7 Å². The summed E-state index contributed by atoms with van der Waals surface area (Å²) >= 11 is 3.54. The Labute approximate surface area is 110 Å². The third-order valence-electron chi connectivity index (χ3n) is 2.86. The van der Waals surface area contributed by atoms with Gasteiger partial charge in [0.15, 0.2) is 0 Å². The number of hydrogen-bond donors (Lipinski definition) is 1. The first-order valence-corrected chi connectivity index (χ1v) is 6.38. The monoisotopic (exact) mass is 293 g/mol. The maximum atomic E-state index is 5.99. The lowest BCUT2D eigenvalue weighted by molar-refractivity contribution is 0.766. The summed E-state index contributed by atoms with van der Waals surface area (Å²) in [6.45, 7) is 6.02. The number of hydrogen-bond acceptors (Lipinski definition) is 2. The Kier molecular flexibility index (Phi) is 3.35. The van der Waals surface area contributed by atoms with Crippen molar-refractivity contribution in [2.24, 2.45) is 5.73 Å². The van der Waals surface area contributed by atoms with E-state index in [9.17, 15) is 0 Å². The second-order valence-corrected chi connectivity index (χ2v) is 5.04. The van der Waals surface area contributed by atoms with Crippen molar-refractivity contribution in [1.29, 1.82) is 0 Å².